The predicted octanol–water partition coefficient (Wildman–Crippen LogP) is 2.89. The van der Waals surface area contributed by atoms with Gasteiger partial charge in [-0.15, -0.1) is 12.6 Å². The van der Waals surface area contributed by atoms with E-state index >= 15 is 0 Å². The van der Waals surface area contributed by atoms with Crippen molar-refractivity contribution in [2.45, 2.75) is 30.6 Å². The summed E-state index contributed by atoms with van der Waals surface area (Å²) >= 11 is 10.5. The fourth-order valence-corrected chi connectivity index (χ4v) is 4.86. The Morgan fingerprint density at radius 2 is 1.90 bits per heavy atom. The largest absolute Gasteiger partial charge is 0.336 e. The average molecular weight is 320 g/mol. The highest BCUT2D eigenvalue weighted by molar-refractivity contribution is 7.82. The molecule has 1 saturated heterocycles. The molecule has 1 aromatic carbocycles. The van der Waals surface area contributed by atoms with Gasteiger partial charge in [0.2, 0.25) is 5.91 Å². The summed E-state index contributed by atoms with van der Waals surface area (Å²) in [5, 5.41) is 0.551. The van der Waals surface area contributed by atoms with Crippen LogP contribution in [0.15, 0.2) is 30.3 Å². The Hall–Kier alpha value is -1.07. The molecule has 0 bridgehead atoms. The highest BCUT2D eigenvalue weighted by Gasteiger charge is 2.66. The third-order valence-corrected chi connectivity index (χ3v) is 6.95. The van der Waals surface area contributed by atoms with Crippen LogP contribution in [-0.4, -0.2) is 39.8 Å². The van der Waals surface area contributed by atoms with Gasteiger partial charge in [-0.2, -0.15) is 0 Å². The zero-order valence-electron chi connectivity index (χ0n) is 12.5. The highest BCUT2D eigenvalue weighted by atomic mass is 32.1. The maximum Gasteiger partial charge on any atom is 0.237 e. The van der Waals surface area contributed by atoms with Crippen LogP contribution in [0.5, 0.6) is 0 Å². The molecule has 1 aromatic rings. The van der Waals surface area contributed by atoms with Gasteiger partial charge in [0, 0.05) is 20.0 Å². The lowest BCUT2D eigenvalue weighted by atomic mass is 9.76. The summed E-state index contributed by atoms with van der Waals surface area (Å²) in [6.07, 6.45) is 1.77. The van der Waals surface area contributed by atoms with Crippen LogP contribution in [0.25, 0.3) is 0 Å². The lowest BCUT2D eigenvalue weighted by Gasteiger charge is -2.55. The molecule has 3 rings (SSSR count). The molecule has 3 atom stereocenters. The minimum Gasteiger partial charge on any atom is -0.336 e. The molecule has 5 heteroatoms. The Balaban J connectivity index is 2.14. The van der Waals surface area contributed by atoms with Crippen molar-refractivity contribution in [3.8, 4) is 0 Å². The molecule has 1 heterocycles. The minimum absolute atomic E-state index is 0.0824. The number of hydrogen-bond donors (Lipinski definition) is 1. The van der Waals surface area contributed by atoms with Gasteiger partial charge in [0.25, 0.3) is 0 Å². The van der Waals surface area contributed by atoms with Crippen molar-refractivity contribution in [3.05, 3.63) is 35.9 Å². The minimum atomic E-state index is -0.574. The quantitative estimate of drug-likeness (QED) is 0.636. The molecule has 3 nitrogen and oxygen atoms in total. The molecule has 2 aliphatic rings. The first-order valence-corrected chi connectivity index (χ1v) is 8.03. The molecule has 112 valence electrons. The molecule has 0 N–H and O–H groups in total. The molecular formula is C16H20N2OS2. The molecule has 21 heavy (non-hydrogen) atoms. The van der Waals surface area contributed by atoms with E-state index in [2.05, 4.69) is 12.1 Å². The van der Waals surface area contributed by atoms with Crippen LogP contribution in [0.1, 0.15) is 31.2 Å². The van der Waals surface area contributed by atoms with E-state index in [1.165, 1.54) is 5.56 Å². The number of carbonyl (C=O) groups is 1. The summed E-state index contributed by atoms with van der Waals surface area (Å²) in [4.78, 5) is 15.9. The number of rotatable bonds is 1. The monoisotopic (exact) mass is 320 g/mol. The molecule has 0 aromatic heterocycles. The zero-order valence-corrected chi connectivity index (χ0v) is 14.2. The van der Waals surface area contributed by atoms with Crippen LogP contribution in [0, 0.1) is 5.41 Å². The Morgan fingerprint density at radius 3 is 2.52 bits per heavy atom. The van der Waals surface area contributed by atoms with E-state index in [1.54, 1.807) is 11.9 Å². The summed E-state index contributed by atoms with van der Waals surface area (Å²) in [7, 11) is 3.72. The van der Waals surface area contributed by atoms with Gasteiger partial charge in [0.15, 0.2) is 5.11 Å². The number of thiocarbonyl (C=S) groups is 1. The summed E-state index contributed by atoms with van der Waals surface area (Å²) in [6, 6.07) is 10.3. The van der Waals surface area contributed by atoms with Crippen molar-refractivity contribution in [1.29, 1.82) is 0 Å². The van der Waals surface area contributed by atoms with Crippen LogP contribution in [0.3, 0.4) is 0 Å². The fraction of sp³-hybridized carbons (Fsp3) is 0.500. The topological polar surface area (TPSA) is 23.6 Å². The van der Waals surface area contributed by atoms with E-state index in [0.29, 0.717) is 5.11 Å². The molecule has 1 saturated carbocycles. The van der Waals surface area contributed by atoms with E-state index in [-0.39, 0.29) is 11.8 Å². The van der Waals surface area contributed by atoms with Crippen molar-refractivity contribution >= 4 is 35.9 Å². The normalized spacial score (nSPS) is 36.1. The number of amides is 1. The second kappa shape index (κ2) is 4.71. The molecule has 2 fully saturated rings. The standard InChI is InChI=1S/C16H20N2OS2/c1-15-10-9-12(11-7-5-4-6-8-11)16(15,21)18(3)14(20)17(2)13(15)19/h4-8,12,21H,9-10H2,1-3H3/t12-,15-,16+/m0/s1. The number of thiol groups is 1. The number of fused-ring (bicyclic) bond motifs is 1. The van der Waals surface area contributed by atoms with E-state index in [9.17, 15) is 4.79 Å². The van der Waals surface area contributed by atoms with E-state index < -0.39 is 10.3 Å². The number of benzene rings is 1. The predicted molar refractivity (Wildman–Crippen MR) is 91.4 cm³/mol. The summed E-state index contributed by atoms with van der Waals surface area (Å²) < 4.78 is 0. The lowest BCUT2D eigenvalue weighted by Crippen LogP contribution is -2.68. The Bertz CT molecular complexity index is 606. The van der Waals surface area contributed by atoms with Crippen molar-refractivity contribution < 1.29 is 4.79 Å². The summed E-state index contributed by atoms with van der Waals surface area (Å²) in [5.74, 6) is 0.270. The number of carbonyl (C=O) groups excluding carboxylic acids is 1. The maximum atomic E-state index is 12.8. The van der Waals surface area contributed by atoms with Crippen molar-refractivity contribution in [2.24, 2.45) is 5.41 Å². The van der Waals surface area contributed by atoms with Crippen molar-refractivity contribution in [3.63, 3.8) is 0 Å². The number of nitrogens with zero attached hydrogens (tertiary/aromatic N) is 2. The van der Waals surface area contributed by atoms with Gasteiger partial charge in [-0.05, 0) is 37.5 Å². The molecular weight excluding hydrogens is 300 g/mol. The van der Waals surface area contributed by atoms with Gasteiger partial charge in [0.05, 0.1) is 5.41 Å². The van der Waals surface area contributed by atoms with E-state index in [1.807, 2.05) is 37.1 Å². The van der Waals surface area contributed by atoms with Gasteiger partial charge in [-0.25, -0.2) is 0 Å². The highest BCUT2D eigenvalue weighted by Crippen LogP contribution is 2.61. The fourth-order valence-electron chi connectivity index (χ4n) is 3.98. The molecule has 0 spiro atoms. The molecule has 1 amide bonds. The van der Waals surface area contributed by atoms with E-state index in [0.717, 1.165) is 12.8 Å². The van der Waals surface area contributed by atoms with E-state index in [4.69, 9.17) is 24.8 Å². The lowest BCUT2D eigenvalue weighted by molar-refractivity contribution is -0.143. The SMILES string of the molecule is CN1C(=O)[C@]2(C)CC[C@@H](c3ccccc3)[C@]2(S)N(C)C1=S. The third-order valence-electron chi connectivity index (χ3n) is 5.29. The van der Waals surface area contributed by atoms with Gasteiger partial charge in [0.1, 0.15) is 4.87 Å². The first-order chi connectivity index (χ1) is 9.84. The van der Waals surface area contributed by atoms with Crippen molar-refractivity contribution in [2.75, 3.05) is 14.1 Å². The summed E-state index contributed by atoms with van der Waals surface area (Å²) in [6.45, 7) is 2.03. The van der Waals surface area contributed by atoms with Crippen LogP contribution in [-0.2, 0) is 4.79 Å². The number of hydrogen-bond acceptors (Lipinski definition) is 3. The molecule has 1 aliphatic carbocycles. The van der Waals surface area contributed by atoms with Gasteiger partial charge in [-0.3, -0.25) is 9.69 Å². The van der Waals surface area contributed by atoms with Gasteiger partial charge in [-0.1, -0.05) is 30.3 Å². The van der Waals surface area contributed by atoms with Crippen LogP contribution >= 0.6 is 24.8 Å². The Morgan fingerprint density at radius 1 is 1.29 bits per heavy atom. The van der Waals surface area contributed by atoms with Crippen LogP contribution in [0.4, 0.5) is 0 Å². The molecule has 0 radical (unpaired) electrons. The van der Waals surface area contributed by atoms with Crippen molar-refractivity contribution in [1.82, 2.24) is 9.80 Å². The average Bonchev–Trinajstić information content (AvgIpc) is 2.78. The Labute approximate surface area is 136 Å². The zero-order chi connectivity index (χ0) is 15.4. The van der Waals surface area contributed by atoms with Crippen LogP contribution < -0.4 is 0 Å². The second-order valence-corrected chi connectivity index (χ2v) is 7.31. The third kappa shape index (κ3) is 1.73. The first-order valence-electron chi connectivity index (χ1n) is 7.17. The smallest absolute Gasteiger partial charge is 0.237 e. The van der Waals surface area contributed by atoms with Crippen LogP contribution in [0.2, 0.25) is 0 Å². The van der Waals surface area contributed by atoms with Gasteiger partial charge >= 0.3 is 0 Å². The second-order valence-electron chi connectivity index (χ2n) is 6.27. The summed E-state index contributed by atoms with van der Waals surface area (Å²) in [5.41, 5.74) is 0.700. The number of likely N-dealkylation sites (N-methyl/N-ethyl adjacent to an activating group) is 1. The maximum absolute atomic E-state index is 12.8. The molecule has 0 unspecified atom stereocenters. The first kappa shape index (κ1) is 14.9. The Kier molecular flexibility index (Phi) is 3.33. The molecule has 1 aliphatic heterocycles. The van der Waals surface area contributed by atoms with Gasteiger partial charge < -0.3 is 4.90 Å².